The van der Waals surface area contributed by atoms with E-state index in [0.717, 1.165) is 0 Å². The summed E-state index contributed by atoms with van der Waals surface area (Å²) in [5, 5.41) is 9.01. The molecule has 2 rings (SSSR count). The van der Waals surface area contributed by atoms with E-state index in [-0.39, 0.29) is 11.5 Å². The van der Waals surface area contributed by atoms with Crippen molar-refractivity contribution in [2.75, 3.05) is 18.6 Å². The number of para-hydroxylation sites is 1. The van der Waals surface area contributed by atoms with E-state index < -0.39 is 15.9 Å². The van der Waals surface area contributed by atoms with Crippen LogP contribution in [0.2, 0.25) is 0 Å². The molecule has 1 aliphatic heterocycles. The summed E-state index contributed by atoms with van der Waals surface area (Å²) in [4.78, 5) is 0. The molecule has 1 saturated heterocycles. The fraction of sp³-hybridized carbons (Fsp3) is 0.417. The molecule has 96 valence electrons. The lowest BCUT2D eigenvalue weighted by Gasteiger charge is -2.15. The van der Waals surface area contributed by atoms with Gasteiger partial charge in [-0.1, -0.05) is 6.07 Å². The average molecular weight is 267 g/mol. The second kappa shape index (κ2) is 4.86. The number of nitriles is 1. The molecule has 0 saturated carbocycles. The SMILES string of the molecule is COc1cccc(C#N)c1OC1CCS(=O)(=O)C1. The van der Waals surface area contributed by atoms with Crippen molar-refractivity contribution in [3.63, 3.8) is 0 Å². The van der Waals surface area contributed by atoms with Crippen LogP contribution in [0.1, 0.15) is 12.0 Å². The summed E-state index contributed by atoms with van der Waals surface area (Å²) in [6.07, 6.45) is 0.0454. The maximum atomic E-state index is 11.4. The van der Waals surface area contributed by atoms with E-state index in [2.05, 4.69) is 0 Å². The first-order valence-corrected chi connectivity index (χ1v) is 7.32. The molecule has 0 radical (unpaired) electrons. The quantitative estimate of drug-likeness (QED) is 0.820. The Bertz CT molecular complexity index is 589. The lowest BCUT2D eigenvalue weighted by molar-refractivity contribution is 0.217. The van der Waals surface area contributed by atoms with E-state index in [9.17, 15) is 8.42 Å². The molecule has 1 heterocycles. The Balaban J connectivity index is 2.26. The summed E-state index contributed by atoms with van der Waals surface area (Å²) in [6, 6.07) is 6.99. The smallest absolute Gasteiger partial charge is 0.179 e. The number of benzene rings is 1. The van der Waals surface area contributed by atoms with Crippen LogP contribution in [0.5, 0.6) is 11.5 Å². The summed E-state index contributed by atoms with van der Waals surface area (Å²) < 4.78 is 33.5. The third-order valence-corrected chi connectivity index (χ3v) is 4.53. The van der Waals surface area contributed by atoms with Gasteiger partial charge in [-0.2, -0.15) is 5.26 Å². The highest BCUT2D eigenvalue weighted by Crippen LogP contribution is 2.33. The molecule has 18 heavy (non-hydrogen) atoms. The summed E-state index contributed by atoms with van der Waals surface area (Å²) in [5.41, 5.74) is 0.346. The maximum Gasteiger partial charge on any atom is 0.179 e. The van der Waals surface area contributed by atoms with Gasteiger partial charge in [-0.3, -0.25) is 0 Å². The minimum absolute atomic E-state index is 0.00405. The van der Waals surface area contributed by atoms with E-state index in [0.29, 0.717) is 23.5 Å². The van der Waals surface area contributed by atoms with E-state index in [1.54, 1.807) is 18.2 Å². The van der Waals surface area contributed by atoms with E-state index in [1.165, 1.54) is 7.11 Å². The van der Waals surface area contributed by atoms with E-state index >= 15 is 0 Å². The van der Waals surface area contributed by atoms with Gasteiger partial charge in [0.05, 0.1) is 24.2 Å². The van der Waals surface area contributed by atoms with E-state index in [1.807, 2.05) is 6.07 Å². The molecule has 5 nitrogen and oxygen atoms in total. The molecule has 0 aromatic heterocycles. The predicted molar refractivity (Wildman–Crippen MR) is 65.4 cm³/mol. The predicted octanol–water partition coefficient (Wildman–Crippen LogP) is 1.13. The van der Waals surface area contributed by atoms with Crippen LogP contribution in [-0.2, 0) is 9.84 Å². The Morgan fingerprint density at radius 3 is 2.78 bits per heavy atom. The number of methoxy groups -OCH3 is 1. The van der Waals surface area contributed by atoms with Gasteiger partial charge < -0.3 is 9.47 Å². The van der Waals surface area contributed by atoms with Crippen LogP contribution in [0.15, 0.2) is 18.2 Å². The first-order chi connectivity index (χ1) is 8.55. The highest BCUT2D eigenvalue weighted by Gasteiger charge is 2.30. The zero-order valence-corrected chi connectivity index (χ0v) is 10.7. The molecule has 0 aliphatic carbocycles. The molecule has 1 atom stereocenters. The van der Waals surface area contributed by atoms with Gasteiger partial charge >= 0.3 is 0 Å². The number of hydrogen-bond acceptors (Lipinski definition) is 5. The highest BCUT2D eigenvalue weighted by atomic mass is 32.2. The van der Waals surface area contributed by atoms with Gasteiger partial charge in [0.1, 0.15) is 12.2 Å². The molecule has 0 spiro atoms. The van der Waals surface area contributed by atoms with Crippen molar-refractivity contribution in [1.29, 1.82) is 5.26 Å². The Morgan fingerprint density at radius 1 is 1.44 bits per heavy atom. The third kappa shape index (κ3) is 2.57. The Hall–Kier alpha value is -1.74. The third-order valence-electron chi connectivity index (χ3n) is 2.79. The number of hydrogen-bond donors (Lipinski definition) is 0. The lowest BCUT2D eigenvalue weighted by Crippen LogP contribution is -2.18. The van der Waals surface area contributed by atoms with Crippen LogP contribution < -0.4 is 9.47 Å². The van der Waals surface area contributed by atoms with Crippen LogP contribution in [0, 0.1) is 11.3 Å². The topological polar surface area (TPSA) is 76.4 Å². The molecule has 0 amide bonds. The van der Waals surface area contributed by atoms with Crippen molar-refractivity contribution in [1.82, 2.24) is 0 Å². The second-order valence-electron chi connectivity index (χ2n) is 4.09. The first kappa shape index (κ1) is 12.7. The van der Waals surface area contributed by atoms with Crippen molar-refractivity contribution in [3.05, 3.63) is 23.8 Å². The summed E-state index contributed by atoms with van der Waals surface area (Å²) in [6.45, 7) is 0. The number of rotatable bonds is 3. The summed E-state index contributed by atoms with van der Waals surface area (Å²) in [5.74, 6) is 0.896. The fourth-order valence-electron chi connectivity index (χ4n) is 1.91. The molecular weight excluding hydrogens is 254 g/mol. The second-order valence-corrected chi connectivity index (χ2v) is 6.32. The zero-order valence-electron chi connectivity index (χ0n) is 9.92. The van der Waals surface area contributed by atoms with Crippen molar-refractivity contribution < 1.29 is 17.9 Å². The Labute approximate surface area is 106 Å². The van der Waals surface area contributed by atoms with E-state index in [4.69, 9.17) is 14.7 Å². The minimum Gasteiger partial charge on any atom is -0.493 e. The van der Waals surface area contributed by atoms with Crippen LogP contribution in [-0.4, -0.2) is 33.1 Å². The largest absolute Gasteiger partial charge is 0.493 e. The fourth-order valence-corrected chi connectivity index (χ4v) is 3.50. The number of nitrogens with zero attached hydrogens (tertiary/aromatic N) is 1. The van der Waals surface area contributed by atoms with Crippen molar-refractivity contribution in [2.24, 2.45) is 0 Å². The monoisotopic (exact) mass is 267 g/mol. The van der Waals surface area contributed by atoms with Gasteiger partial charge in [-0.25, -0.2) is 8.42 Å². The van der Waals surface area contributed by atoms with Gasteiger partial charge in [0.15, 0.2) is 21.3 Å². The van der Waals surface area contributed by atoms with Crippen molar-refractivity contribution >= 4 is 9.84 Å². The Morgan fingerprint density at radius 2 is 2.22 bits per heavy atom. The molecule has 1 aromatic carbocycles. The number of sulfone groups is 1. The zero-order chi connectivity index (χ0) is 13.2. The maximum absolute atomic E-state index is 11.4. The van der Waals surface area contributed by atoms with Gasteiger partial charge in [0.25, 0.3) is 0 Å². The molecule has 0 bridgehead atoms. The van der Waals surface area contributed by atoms with Gasteiger partial charge in [-0.05, 0) is 18.6 Å². The number of ether oxygens (including phenoxy) is 2. The molecule has 0 N–H and O–H groups in total. The highest BCUT2D eigenvalue weighted by molar-refractivity contribution is 7.91. The minimum atomic E-state index is -3.00. The molecule has 1 unspecified atom stereocenters. The average Bonchev–Trinajstić information content (AvgIpc) is 2.69. The van der Waals surface area contributed by atoms with Gasteiger partial charge in [0, 0.05) is 0 Å². The van der Waals surface area contributed by atoms with Crippen LogP contribution in [0.25, 0.3) is 0 Å². The Kier molecular flexibility index (Phi) is 3.43. The molecule has 1 fully saturated rings. The van der Waals surface area contributed by atoms with Crippen LogP contribution in [0.4, 0.5) is 0 Å². The first-order valence-electron chi connectivity index (χ1n) is 5.50. The summed E-state index contributed by atoms with van der Waals surface area (Å²) >= 11 is 0. The lowest BCUT2D eigenvalue weighted by atomic mass is 10.2. The van der Waals surface area contributed by atoms with Gasteiger partial charge in [-0.15, -0.1) is 0 Å². The van der Waals surface area contributed by atoms with Crippen molar-refractivity contribution in [3.8, 4) is 17.6 Å². The normalized spacial score (nSPS) is 21.2. The standard InChI is InChI=1S/C12H13NO4S/c1-16-11-4-2-3-9(7-13)12(11)17-10-5-6-18(14,15)8-10/h2-4,10H,5-6,8H2,1H3. The molecule has 1 aromatic rings. The molecule has 1 aliphatic rings. The molecule has 6 heteroatoms. The van der Waals surface area contributed by atoms with Crippen molar-refractivity contribution in [2.45, 2.75) is 12.5 Å². The van der Waals surface area contributed by atoms with Crippen LogP contribution >= 0.6 is 0 Å². The van der Waals surface area contributed by atoms with Gasteiger partial charge in [0.2, 0.25) is 0 Å². The molecular formula is C12H13NO4S. The summed E-state index contributed by atoms with van der Waals surface area (Å²) in [7, 11) is -1.52. The van der Waals surface area contributed by atoms with Crippen LogP contribution in [0.3, 0.4) is 0 Å².